The summed E-state index contributed by atoms with van der Waals surface area (Å²) >= 11 is 0. The van der Waals surface area contributed by atoms with Crippen molar-refractivity contribution < 1.29 is 13.2 Å². The van der Waals surface area contributed by atoms with Gasteiger partial charge in [-0.05, 0) is 13.0 Å². The maximum Gasteiger partial charge on any atom is 0.405 e. The number of nitriles is 1. The van der Waals surface area contributed by atoms with Crippen LogP contribution in [-0.4, -0.2) is 19.3 Å². The van der Waals surface area contributed by atoms with Crippen molar-refractivity contribution in [3.8, 4) is 6.07 Å². The third kappa shape index (κ3) is 10.8. The zero-order valence-corrected chi connectivity index (χ0v) is 11.7. The fourth-order valence-corrected chi connectivity index (χ4v) is 1.86. The molecule has 112 valence electrons. The first kappa shape index (κ1) is 18.2. The normalized spacial score (nSPS) is 13.2. The van der Waals surface area contributed by atoms with Crippen LogP contribution in [-0.2, 0) is 0 Å². The van der Waals surface area contributed by atoms with E-state index in [1.54, 1.807) is 0 Å². The maximum absolute atomic E-state index is 12.2. The molecule has 0 saturated carbocycles. The Labute approximate surface area is 114 Å². The summed E-state index contributed by atoms with van der Waals surface area (Å²) in [6, 6.07) is 1.29. The highest BCUT2D eigenvalue weighted by atomic mass is 19.4. The predicted molar refractivity (Wildman–Crippen MR) is 70.6 cm³/mol. The van der Waals surface area contributed by atoms with E-state index < -0.39 is 12.1 Å². The predicted octanol–water partition coefficient (Wildman–Crippen LogP) is 4.42. The molecule has 0 spiro atoms. The molecule has 5 heteroatoms. The van der Waals surface area contributed by atoms with Crippen LogP contribution in [0.5, 0.6) is 0 Å². The van der Waals surface area contributed by atoms with Gasteiger partial charge in [-0.1, -0.05) is 51.9 Å². The Hall–Kier alpha value is -0.760. The Morgan fingerprint density at radius 3 is 2.00 bits per heavy atom. The second kappa shape index (κ2) is 11.1. The van der Waals surface area contributed by atoms with Crippen molar-refractivity contribution in [2.75, 3.05) is 13.1 Å². The molecule has 0 bridgehead atoms. The first-order valence-electron chi connectivity index (χ1n) is 7.19. The van der Waals surface area contributed by atoms with Crippen LogP contribution in [0.2, 0.25) is 0 Å². The van der Waals surface area contributed by atoms with Crippen LogP contribution in [0.4, 0.5) is 13.2 Å². The standard InChI is InChI=1S/C14H25F3N2/c1-2-3-4-5-6-7-8-9-10-19-12-13(11-18)14(15,16)17/h13,19H,2-10,12H2,1H3. The summed E-state index contributed by atoms with van der Waals surface area (Å²) < 4.78 is 36.7. The molecule has 0 aliphatic heterocycles. The third-order valence-electron chi connectivity index (χ3n) is 3.11. The molecule has 0 aliphatic carbocycles. The lowest BCUT2D eigenvalue weighted by Crippen LogP contribution is -2.32. The molecule has 0 heterocycles. The van der Waals surface area contributed by atoms with E-state index in [1.807, 2.05) is 0 Å². The molecule has 0 amide bonds. The number of hydrogen-bond donors (Lipinski definition) is 1. The van der Waals surface area contributed by atoms with Gasteiger partial charge in [-0.2, -0.15) is 18.4 Å². The molecule has 1 N–H and O–H groups in total. The monoisotopic (exact) mass is 278 g/mol. The lowest BCUT2D eigenvalue weighted by molar-refractivity contribution is -0.157. The van der Waals surface area contributed by atoms with Crippen LogP contribution in [0.15, 0.2) is 0 Å². The number of unbranched alkanes of at least 4 members (excludes halogenated alkanes) is 7. The largest absolute Gasteiger partial charge is 0.405 e. The Kier molecular flexibility index (Phi) is 10.7. The third-order valence-corrected chi connectivity index (χ3v) is 3.11. The van der Waals surface area contributed by atoms with Gasteiger partial charge < -0.3 is 5.32 Å². The topological polar surface area (TPSA) is 35.8 Å². The molecule has 0 aromatic carbocycles. The van der Waals surface area contributed by atoms with E-state index in [-0.39, 0.29) is 6.54 Å². The van der Waals surface area contributed by atoms with E-state index in [2.05, 4.69) is 12.2 Å². The van der Waals surface area contributed by atoms with Gasteiger partial charge in [0.1, 0.15) is 0 Å². The molecule has 19 heavy (non-hydrogen) atoms. The number of nitrogens with one attached hydrogen (secondary N) is 1. The fourth-order valence-electron chi connectivity index (χ4n) is 1.86. The zero-order chi connectivity index (χ0) is 14.6. The number of alkyl halides is 3. The van der Waals surface area contributed by atoms with Crippen molar-refractivity contribution in [1.82, 2.24) is 5.32 Å². The maximum atomic E-state index is 12.2. The van der Waals surface area contributed by atoms with Gasteiger partial charge in [0, 0.05) is 6.54 Å². The molecule has 0 aromatic heterocycles. The van der Waals surface area contributed by atoms with Crippen molar-refractivity contribution in [3.63, 3.8) is 0 Å². The highest BCUT2D eigenvalue weighted by Gasteiger charge is 2.39. The highest BCUT2D eigenvalue weighted by molar-refractivity contribution is 4.89. The van der Waals surface area contributed by atoms with Crippen LogP contribution in [0.25, 0.3) is 0 Å². The molecule has 0 radical (unpaired) electrons. The molecular formula is C14H25F3N2. The second-order valence-electron chi connectivity index (χ2n) is 4.90. The Balaban J connectivity index is 3.34. The number of nitrogens with zero attached hydrogens (tertiary/aromatic N) is 1. The molecule has 0 aliphatic rings. The lowest BCUT2D eigenvalue weighted by Gasteiger charge is -2.13. The van der Waals surface area contributed by atoms with E-state index in [0.29, 0.717) is 6.54 Å². The molecular weight excluding hydrogens is 253 g/mol. The van der Waals surface area contributed by atoms with Crippen LogP contribution in [0.3, 0.4) is 0 Å². The van der Waals surface area contributed by atoms with Gasteiger partial charge in [0.2, 0.25) is 0 Å². The SMILES string of the molecule is CCCCCCCCCCNCC(C#N)C(F)(F)F. The van der Waals surface area contributed by atoms with Gasteiger partial charge >= 0.3 is 6.18 Å². The van der Waals surface area contributed by atoms with E-state index in [0.717, 1.165) is 19.3 Å². The van der Waals surface area contributed by atoms with E-state index in [1.165, 1.54) is 38.2 Å². The zero-order valence-electron chi connectivity index (χ0n) is 11.7. The molecule has 1 unspecified atom stereocenters. The van der Waals surface area contributed by atoms with E-state index >= 15 is 0 Å². The summed E-state index contributed by atoms with van der Waals surface area (Å²) in [4.78, 5) is 0. The van der Waals surface area contributed by atoms with Gasteiger partial charge in [0.05, 0.1) is 6.07 Å². The number of halogens is 3. The number of rotatable bonds is 11. The van der Waals surface area contributed by atoms with Crippen molar-refractivity contribution in [2.24, 2.45) is 5.92 Å². The first-order chi connectivity index (χ1) is 9.02. The summed E-state index contributed by atoms with van der Waals surface area (Å²) in [5.41, 5.74) is 0. The van der Waals surface area contributed by atoms with Gasteiger partial charge in [0.15, 0.2) is 5.92 Å². The minimum Gasteiger partial charge on any atom is -0.315 e. The summed E-state index contributed by atoms with van der Waals surface area (Å²) in [5.74, 6) is -1.89. The van der Waals surface area contributed by atoms with Crippen LogP contribution >= 0.6 is 0 Å². The van der Waals surface area contributed by atoms with E-state index in [9.17, 15) is 13.2 Å². The molecule has 1 atom stereocenters. The van der Waals surface area contributed by atoms with Crippen molar-refractivity contribution >= 4 is 0 Å². The quantitative estimate of drug-likeness (QED) is 0.568. The molecule has 2 nitrogen and oxygen atoms in total. The summed E-state index contributed by atoms with van der Waals surface area (Å²) in [7, 11) is 0. The molecule has 0 fully saturated rings. The van der Waals surface area contributed by atoms with Crippen molar-refractivity contribution in [2.45, 2.75) is 64.5 Å². The van der Waals surface area contributed by atoms with E-state index in [4.69, 9.17) is 5.26 Å². The average Bonchev–Trinajstić information content (AvgIpc) is 2.34. The fraction of sp³-hybridized carbons (Fsp3) is 0.929. The first-order valence-corrected chi connectivity index (χ1v) is 7.19. The number of hydrogen-bond acceptors (Lipinski definition) is 2. The molecule has 0 rings (SSSR count). The van der Waals surface area contributed by atoms with Gasteiger partial charge in [-0.15, -0.1) is 0 Å². The minimum atomic E-state index is -4.42. The van der Waals surface area contributed by atoms with Crippen molar-refractivity contribution in [3.05, 3.63) is 0 Å². The molecule has 0 aromatic rings. The van der Waals surface area contributed by atoms with Crippen molar-refractivity contribution in [1.29, 1.82) is 5.26 Å². The molecule has 0 saturated heterocycles. The summed E-state index contributed by atoms with van der Waals surface area (Å²) in [6.45, 7) is 2.45. The minimum absolute atomic E-state index is 0.295. The van der Waals surface area contributed by atoms with Gasteiger partial charge in [0.25, 0.3) is 0 Å². The Bertz CT molecular complexity index is 246. The lowest BCUT2D eigenvalue weighted by atomic mass is 10.1. The van der Waals surface area contributed by atoms with Gasteiger partial charge in [-0.25, -0.2) is 0 Å². The van der Waals surface area contributed by atoms with Gasteiger partial charge in [-0.3, -0.25) is 0 Å². The van der Waals surface area contributed by atoms with Crippen LogP contribution in [0, 0.1) is 17.2 Å². The highest BCUT2D eigenvalue weighted by Crippen LogP contribution is 2.24. The average molecular weight is 278 g/mol. The van der Waals surface area contributed by atoms with Crippen LogP contribution < -0.4 is 5.32 Å². The second-order valence-corrected chi connectivity index (χ2v) is 4.90. The summed E-state index contributed by atoms with van der Waals surface area (Å²) in [5, 5.41) is 11.1. The smallest absolute Gasteiger partial charge is 0.315 e. The Morgan fingerprint density at radius 2 is 1.53 bits per heavy atom. The van der Waals surface area contributed by atoms with Crippen LogP contribution in [0.1, 0.15) is 58.3 Å². The Morgan fingerprint density at radius 1 is 1.00 bits per heavy atom. The summed E-state index contributed by atoms with van der Waals surface area (Å²) in [6.07, 6.45) is 4.93.